The predicted octanol–water partition coefficient (Wildman–Crippen LogP) is 0.411. The minimum Gasteiger partial charge on any atom is -0.352 e. The normalized spacial score (nSPS) is 19.7. The standard InChI is InChI=1S/C12H17N3O/c1-9-2-3-10(7-14-9)6-12(16)15-11-4-5-13-8-11/h2-3,7,11,13H,4-6,8H2,1H3,(H,15,16). The molecule has 1 aliphatic rings. The molecule has 0 bridgehead atoms. The first-order valence-electron chi connectivity index (χ1n) is 5.65. The largest absolute Gasteiger partial charge is 0.352 e. The number of rotatable bonds is 3. The Morgan fingerprint density at radius 1 is 1.62 bits per heavy atom. The van der Waals surface area contributed by atoms with Crippen molar-refractivity contribution in [1.29, 1.82) is 0 Å². The third kappa shape index (κ3) is 3.03. The molecule has 0 spiro atoms. The smallest absolute Gasteiger partial charge is 0.224 e. The summed E-state index contributed by atoms with van der Waals surface area (Å²) in [6.45, 7) is 3.82. The third-order valence-electron chi connectivity index (χ3n) is 2.76. The highest BCUT2D eigenvalue weighted by atomic mass is 16.1. The molecule has 0 saturated carbocycles. The number of carbonyl (C=O) groups excluding carboxylic acids is 1. The summed E-state index contributed by atoms with van der Waals surface area (Å²) in [5.74, 6) is 0.0827. The molecule has 1 atom stereocenters. The van der Waals surface area contributed by atoms with Gasteiger partial charge in [0.15, 0.2) is 0 Å². The van der Waals surface area contributed by atoms with E-state index in [4.69, 9.17) is 0 Å². The third-order valence-corrected chi connectivity index (χ3v) is 2.76. The van der Waals surface area contributed by atoms with Crippen LogP contribution in [0.5, 0.6) is 0 Å². The van der Waals surface area contributed by atoms with Gasteiger partial charge in [0.1, 0.15) is 0 Å². The Morgan fingerprint density at radius 2 is 2.50 bits per heavy atom. The number of amides is 1. The summed E-state index contributed by atoms with van der Waals surface area (Å²) < 4.78 is 0. The van der Waals surface area contributed by atoms with Crippen molar-refractivity contribution in [2.24, 2.45) is 0 Å². The van der Waals surface area contributed by atoms with Gasteiger partial charge in [-0.1, -0.05) is 6.07 Å². The fraction of sp³-hybridized carbons (Fsp3) is 0.500. The summed E-state index contributed by atoms with van der Waals surface area (Å²) in [7, 11) is 0. The lowest BCUT2D eigenvalue weighted by Gasteiger charge is -2.10. The van der Waals surface area contributed by atoms with Crippen LogP contribution in [0.15, 0.2) is 18.3 Å². The molecule has 16 heavy (non-hydrogen) atoms. The van der Waals surface area contributed by atoms with Crippen molar-refractivity contribution < 1.29 is 4.79 Å². The predicted molar refractivity (Wildman–Crippen MR) is 62.1 cm³/mol. The highest BCUT2D eigenvalue weighted by molar-refractivity contribution is 5.78. The number of pyridine rings is 1. The monoisotopic (exact) mass is 219 g/mol. The topological polar surface area (TPSA) is 54.0 Å². The number of hydrogen-bond donors (Lipinski definition) is 2. The Balaban J connectivity index is 1.84. The van der Waals surface area contributed by atoms with Gasteiger partial charge in [0, 0.05) is 24.5 Å². The van der Waals surface area contributed by atoms with Gasteiger partial charge in [-0.25, -0.2) is 0 Å². The fourth-order valence-corrected chi connectivity index (χ4v) is 1.84. The van der Waals surface area contributed by atoms with Crippen LogP contribution in [0.2, 0.25) is 0 Å². The molecule has 2 N–H and O–H groups in total. The van der Waals surface area contributed by atoms with Gasteiger partial charge in [-0.3, -0.25) is 9.78 Å². The molecule has 0 aromatic carbocycles. The van der Waals surface area contributed by atoms with E-state index in [0.717, 1.165) is 30.8 Å². The van der Waals surface area contributed by atoms with E-state index in [1.165, 1.54) is 0 Å². The van der Waals surface area contributed by atoms with E-state index in [1.54, 1.807) is 6.20 Å². The molecule has 1 aromatic heterocycles. The molecule has 4 heteroatoms. The van der Waals surface area contributed by atoms with Crippen LogP contribution >= 0.6 is 0 Å². The Bertz CT molecular complexity index is 355. The van der Waals surface area contributed by atoms with Crippen molar-refractivity contribution in [3.8, 4) is 0 Å². The number of nitrogens with one attached hydrogen (secondary N) is 2. The number of aromatic nitrogens is 1. The van der Waals surface area contributed by atoms with Crippen LogP contribution in [0.3, 0.4) is 0 Å². The maximum Gasteiger partial charge on any atom is 0.224 e. The second-order valence-corrected chi connectivity index (χ2v) is 4.24. The Hall–Kier alpha value is -1.42. The maximum atomic E-state index is 11.7. The first-order valence-corrected chi connectivity index (χ1v) is 5.65. The summed E-state index contributed by atoms with van der Waals surface area (Å²) in [5, 5.41) is 6.23. The van der Waals surface area contributed by atoms with E-state index in [0.29, 0.717) is 12.5 Å². The summed E-state index contributed by atoms with van der Waals surface area (Å²) >= 11 is 0. The molecular weight excluding hydrogens is 202 g/mol. The Labute approximate surface area is 95.5 Å². The molecule has 2 heterocycles. The molecule has 2 rings (SSSR count). The van der Waals surface area contributed by atoms with Crippen LogP contribution in [0.1, 0.15) is 17.7 Å². The summed E-state index contributed by atoms with van der Waals surface area (Å²) in [6.07, 6.45) is 3.21. The number of nitrogens with zero attached hydrogens (tertiary/aromatic N) is 1. The number of hydrogen-bond acceptors (Lipinski definition) is 3. The second kappa shape index (κ2) is 5.07. The van der Waals surface area contributed by atoms with E-state index < -0.39 is 0 Å². The van der Waals surface area contributed by atoms with E-state index in [9.17, 15) is 4.79 Å². The van der Waals surface area contributed by atoms with Crippen LogP contribution in [0.4, 0.5) is 0 Å². The van der Waals surface area contributed by atoms with Crippen molar-refractivity contribution in [3.63, 3.8) is 0 Å². The van der Waals surface area contributed by atoms with Gasteiger partial charge in [0.25, 0.3) is 0 Å². The number of aryl methyl sites for hydroxylation is 1. The summed E-state index contributed by atoms with van der Waals surface area (Å²) in [5.41, 5.74) is 1.94. The molecule has 1 aromatic rings. The minimum absolute atomic E-state index is 0.0827. The quantitative estimate of drug-likeness (QED) is 0.774. The van der Waals surface area contributed by atoms with Crippen molar-refractivity contribution in [3.05, 3.63) is 29.6 Å². The summed E-state index contributed by atoms with van der Waals surface area (Å²) in [4.78, 5) is 15.9. The van der Waals surface area contributed by atoms with E-state index in [-0.39, 0.29) is 5.91 Å². The van der Waals surface area contributed by atoms with E-state index in [2.05, 4.69) is 15.6 Å². The van der Waals surface area contributed by atoms with Crippen LogP contribution in [0.25, 0.3) is 0 Å². The zero-order valence-electron chi connectivity index (χ0n) is 9.49. The maximum absolute atomic E-state index is 11.7. The molecule has 0 radical (unpaired) electrons. The van der Waals surface area contributed by atoms with Crippen molar-refractivity contribution in [2.45, 2.75) is 25.8 Å². The zero-order chi connectivity index (χ0) is 11.4. The van der Waals surface area contributed by atoms with Gasteiger partial charge in [-0.05, 0) is 31.5 Å². The minimum atomic E-state index is 0.0827. The van der Waals surface area contributed by atoms with Crippen molar-refractivity contribution in [1.82, 2.24) is 15.6 Å². The van der Waals surface area contributed by atoms with Crippen molar-refractivity contribution in [2.75, 3.05) is 13.1 Å². The van der Waals surface area contributed by atoms with Crippen LogP contribution < -0.4 is 10.6 Å². The molecule has 1 amide bonds. The first-order chi connectivity index (χ1) is 7.74. The molecule has 1 saturated heterocycles. The van der Waals surface area contributed by atoms with Gasteiger partial charge in [0.05, 0.1) is 6.42 Å². The lowest BCUT2D eigenvalue weighted by atomic mass is 10.1. The molecule has 0 aliphatic carbocycles. The van der Waals surface area contributed by atoms with Crippen molar-refractivity contribution >= 4 is 5.91 Å². The zero-order valence-corrected chi connectivity index (χ0v) is 9.49. The van der Waals surface area contributed by atoms with Gasteiger partial charge in [-0.15, -0.1) is 0 Å². The summed E-state index contributed by atoms with van der Waals surface area (Å²) in [6, 6.07) is 4.18. The molecule has 1 fully saturated rings. The molecule has 4 nitrogen and oxygen atoms in total. The Kier molecular flexibility index (Phi) is 3.51. The molecule has 86 valence electrons. The van der Waals surface area contributed by atoms with Gasteiger partial charge in [0.2, 0.25) is 5.91 Å². The van der Waals surface area contributed by atoms with E-state index >= 15 is 0 Å². The van der Waals surface area contributed by atoms with Gasteiger partial charge >= 0.3 is 0 Å². The average Bonchev–Trinajstić information content (AvgIpc) is 2.74. The SMILES string of the molecule is Cc1ccc(CC(=O)NC2CCNC2)cn1. The highest BCUT2D eigenvalue weighted by Gasteiger charge is 2.16. The van der Waals surface area contributed by atoms with Crippen LogP contribution in [-0.4, -0.2) is 30.0 Å². The second-order valence-electron chi connectivity index (χ2n) is 4.24. The average molecular weight is 219 g/mol. The molecule has 1 unspecified atom stereocenters. The van der Waals surface area contributed by atoms with Crippen LogP contribution in [-0.2, 0) is 11.2 Å². The number of carbonyl (C=O) groups is 1. The molecular formula is C12H17N3O. The van der Waals surface area contributed by atoms with E-state index in [1.807, 2.05) is 19.1 Å². The Morgan fingerprint density at radius 3 is 3.12 bits per heavy atom. The van der Waals surface area contributed by atoms with Gasteiger partial charge in [-0.2, -0.15) is 0 Å². The van der Waals surface area contributed by atoms with Gasteiger partial charge < -0.3 is 10.6 Å². The fourth-order valence-electron chi connectivity index (χ4n) is 1.84. The molecule has 1 aliphatic heterocycles. The lowest BCUT2D eigenvalue weighted by Crippen LogP contribution is -2.37. The first kappa shape index (κ1) is 11.1. The highest BCUT2D eigenvalue weighted by Crippen LogP contribution is 2.02. The van der Waals surface area contributed by atoms with Crippen LogP contribution in [0, 0.1) is 6.92 Å². The lowest BCUT2D eigenvalue weighted by molar-refractivity contribution is -0.121.